The first-order valence-electron chi connectivity index (χ1n) is 10.2. The van der Waals surface area contributed by atoms with Gasteiger partial charge in [-0.15, -0.1) is 0 Å². The Balaban J connectivity index is 1.68. The third-order valence-corrected chi connectivity index (χ3v) is 5.86. The summed E-state index contributed by atoms with van der Waals surface area (Å²) >= 11 is 0. The maximum absolute atomic E-state index is 8.34. The molecule has 0 N–H and O–H groups in total. The Kier molecular flexibility index (Phi) is 2.91. The van der Waals surface area contributed by atoms with Crippen LogP contribution in [0.15, 0.2) is 79.0 Å². The maximum atomic E-state index is 8.34. The molecule has 0 aliphatic carbocycles. The van der Waals surface area contributed by atoms with Crippen LogP contribution < -0.4 is 0 Å². The van der Waals surface area contributed by atoms with E-state index in [1.165, 1.54) is 38.1 Å². The predicted octanol–water partition coefficient (Wildman–Crippen LogP) is 7.02. The van der Waals surface area contributed by atoms with Gasteiger partial charge in [0.15, 0.2) is 0 Å². The molecular formula is C26H20N2. The lowest BCUT2D eigenvalue weighted by Crippen LogP contribution is -1.90. The summed E-state index contributed by atoms with van der Waals surface area (Å²) in [4.78, 5) is 4.59. The minimum atomic E-state index is -0.642. The van der Waals surface area contributed by atoms with E-state index in [9.17, 15) is 0 Å². The van der Waals surface area contributed by atoms with E-state index >= 15 is 0 Å². The third-order valence-electron chi connectivity index (χ3n) is 5.86. The van der Waals surface area contributed by atoms with Crippen LogP contribution in [-0.4, -0.2) is 9.38 Å². The van der Waals surface area contributed by atoms with Crippen molar-refractivity contribution in [3.8, 4) is 11.3 Å². The maximum Gasteiger partial charge on any atom is 0.0705 e. The van der Waals surface area contributed by atoms with Crippen molar-refractivity contribution >= 4 is 38.1 Å². The number of aromatic nitrogens is 2. The van der Waals surface area contributed by atoms with E-state index in [1.54, 1.807) is 0 Å². The molecule has 0 atom stereocenters. The number of nitrogens with zero attached hydrogens (tertiary/aromatic N) is 2. The molecule has 3 aromatic carbocycles. The van der Waals surface area contributed by atoms with Crippen molar-refractivity contribution in [3.05, 3.63) is 84.6 Å². The van der Waals surface area contributed by atoms with Gasteiger partial charge < -0.3 is 4.40 Å². The highest BCUT2D eigenvalue weighted by Crippen LogP contribution is 2.39. The zero-order chi connectivity index (χ0) is 19.8. The molecule has 0 saturated heterocycles. The molecule has 0 fully saturated rings. The summed E-state index contributed by atoms with van der Waals surface area (Å²) in [5, 5.41) is 5.11. The van der Waals surface area contributed by atoms with Gasteiger partial charge in [0.1, 0.15) is 0 Å². The fourth-order valence-corrected chi connectivity index (χ4v) is 4.49. The number of pyridine rings is 1. The summed E-state index contributed by atoms with van der Waals surface area (Å²) in [5.74, 6) is -0.642. The summed E-state index contributed by atoms with van der Waals surface area (Å²) in [6.07, 6.45) is 1.81. The fraction of sp³-hybridized carbons (Fsp3) is 0.115. The zero-order valence-corrected chi connectivity index (χ0v) is 15.9. The number of benzene rings is 3. The first kappa shape index (κ1) is 14.6. The Hall–Kier alpha value is -3.39. The minimum absolute atomic E-state index is 0.642. The molecule has 0 unspecified atom stereocenters. The molecule has 3 aromatic heterocycles. The van der Waals surface area contributed by atoms with Gasteiger partial charge in [-0.3, -0.25) is 4.98 Å². The Bertz CT molecular complexity index is 1540. The molecule has 0 aliphatic heterocycles. The van der Waals surface area contributed by atoms with Gasteiger partial charge in [0.05, 0.1) is 22.2 Å². The van der Waals surface area contributed by atoms with Gasteiger partial charge in [-0.2, -0.15) is 0 Å². The summed E-state index contributed by atoms with van der Waals surface area (Å²) in [6, 6.07) is 25.8. The Labute approximate surface area is 164 Å². The molecule has 0 saturated carbocycles. The Morgan fingerprint density at radius 3 is 2.39 bits per heavy atom. The fourth-order valence-electron chi connectivity index (χ4n) is 4.49. The van der Waals surface area contributed by atoms with Crippen molar-refractivity contribution in [1.82, 2.24) is 9.38 Å². The number of para-hydroxylation sites is 2. The molecule has 0 bridgehead atoms. The predicted molar refractivity (Wildman–Crippen MR) is 118 cm³/mol. The van der Waals surface area contributed by atoms with E-state index in [4.69, 9.17) is 1.37 Å². The quantitative estimate of drug-likeness (QED) is 0.324. The van der Waals surface area contributed by atoms with Crippen LogP contribution in [0.2, 0.25) is 0 Å². The average molecular weight is 361 g/mol. The molecule has 0 radical (unpaired) electrons. The van der Waals surface area contributed by atoms with E-state index in [0.29, 0.717) is 0 Å². The van der Waals surface area contributed by atoms with Crippen molar-refractivity contribution in [2.24, 2.45) is 0 Å². The van der Waals surface area contributed by atoms with Crippen LogP contribution in [0.3, 0.4) is 0 Å². The lowest BCUT2D eigenvalue weighted by Gasteiger charge is -2.08. The van der Waals surface area contributed by atoms with Gasteiger partial charge in [-0.1, -0.05) is 56.3 Å². The lowest BCUT2D eigenvalue weighted by molar-refractivity contribution is 0.864. The molecule has 2 heteroatoms. The average Bonchev–Trinajstić information content (AvgIpc) is 3.25. The monoisotopic (exact) mass is 361 g/mol. The van der Waals surface area contributed by atoms with Crippen LogP contribution >= 0.6 is 0 Å². The second kappa shape index (κ2) is 5.56. The molecule has 28 heavy (non-hydrogen) atoms. The molecule has 2 nitrogen and oxygen atoms in total. The van der Waals surface area contributed by atoms with E-state index in [2.05, 4.69) is 70.0 Å². The van der Waals surface area contributed by atoms with Gasteiger partial charge >= 0.3 is 0 Å². The third kappa shape index (κ3) is 2.00. The smallest absolute Gasteiger partial charge is 0.0705 e. The van der Waals surface area contributed by atoms with Gasteiger partial charge in [-0.05, 0) is 41.8 Å². The topological polar surface area (TPSA) is 17.3 Å². The van der Waals surface area contributed by atoms with Gasteiger partial charge in [-0.25, -0.2) is 0 Å². The molecule has 6 aromatic rings. The second-order valence-electron chi connectivity index (χ2n) is 7.72. The van der Waals surface area contributed by atoms with Crippen LogP contribution in [0.25, 0.3) is 49.4 Å². The standard InChI is InChI=1S/C26H20N2/c1-16(2)17-12-13-27-23(15-17)18-10-11-25-22(14-18)21-8-5-7-20-19-6-3-4-9-24(19)28(25)26(20)21/h3-16H,1-2H3/i16D. The molecule has 3 heterocycles. The van der Waals surface area contributed by atoms with Crippen LogP contribution in [0, 0.1) is 0 Å². The Morgan fingerprint density at radius 2 is 1.54 bits per heavy atom. The normalized spacial score (nSPS) is 13.1. The molecule has 0 spiro atoms. The molecule has 0 amide bonds. The highest BCUT2D eigenvalue weighted by atomic mass is 14.9. The highest BCUT2D eigenvalue weighted by molar-refractivity contribution is 6.23. The summed E-state index contributed by atoms with van der Waals surface area (Å²) in [6.45, 7) is 3.82. The summed E-state index contributed by atoms with van der Waals surface area (Å²) in [5.41, 5.74) is 6.73. The van der Waals surface area contributed by atoms with E-state index < -0.39 is 5.89 Å². The first-order chi connectivity index (χ1) is 14.0. The number of hydrogen-bond donors (Lipinski definition) is 0. The van der Waals surface area contributed by atoms with Gasteiger partial charge in [0, 0.05) is 34.7 Å². The lowest BCUT2D eigenvalue weighted by atomic mass is 10.0. The number of rotatable bonds is 2. The van der Waals surface area contributed by atoms with Crippen molar-refractivity contribution in [2.75, 3.05) is 0 Å². The van der Waals surface area contributed by atoms with Gasteiger partial charge in [0.2, 0.25) is 0 Å². The molecule has 6 rings (SSSR count). The van der Waals surface area contributed by atoms with E-state index in [-0.39, 0.29) is 0 Å². The van der Waals surface area contributed by atoms with E-state index in [0.717, 1.165) is 16.8 Å². The Morgan fingerprint density at radius 1 is 0.786 bits per heavy atom. The minimum Gasteiger partial charge on any atom is -0.308 e. The molecule has 0 aliphatic rings. The van der Waals surface area contributed by atoms with Crippen molar-refractivity contribution < 1.29 is 1.37 Å². The first-order valence-corrected chi connectivity index (χ1v) is 9.66. The summed E-state index contributed by atoms with van der Waals surface area (Å²) < 4.78 is 10.7. The van der Waals surface area contributed by atoms with Crippen LogP contribution in [0.1, 0.15) is 26.7 Å². The van der Waals surface area contributed by atoms with Crippen LogP contribution in [0.5, 0.6) is 0 Å². The van der Waals surface area contributed by atoms with Crippen molar-refractivity contribution in [3.63, 3.8) is 0 Å². The zero-order valence-electron chi connectivity index (χ0n) is 16.9. The molecular weight excluding hydrogens is 340 g/mol. The van der Waals surface area contributed by atoms with Crippen LogP contribution in [-0.2, 0) is 0 Å². The largest absolute Gasteiger partial charge is 0.308 e. The second-order valence-corrected chi connectivity index (χ2v) is 7.72. The number of fused-ring (bicyclic) bond motifs is 6. The van der Waals surface area contributed by atoms with E-state index in [1.807, 2.05) is 32.2 Å². The van der Waals surface area contributed by atoms with Crippen molar-refractivity contribution in [2.45, 2.75) is 19.7 Å². The number of hydrogen-bond acceptors (Lipinski definition) is 1. The summed E-state index contributed by atoms with van der Waals surface area (Å²) in [7, 11) is 0. The van der Waals surface area contributed by atoms with Gasteiger partial charge in [0.25, 0.3) is 0 Å². The molecule has 134 valence electrons. The SMILES string of the molecule is [2H]C(C)(C)c1ccnc(-c2ccc3c(c2)c2cccc4c5ccccc5n3c42)c1. The highest BCUT2D eigenvalue weighted by Gasteiger charge is 2.17. The van der Waals surface area contributed by atoms with Crippen molar-refractivity contribution in [1.29, 1.82) is 0 Å². The van der Waals surface area contributed by atoms with Crippen LogP contribution in [0.4, 0.5) is 0 Å².